The van der Waals surface area contributed by atoms with Crippen LogP contribution in [0.15, 0.2) is 66.3 Å². The van der Waals surface area contributed by atoms with Crippen molar-refractivity contribution >= 4 is 40.3 Å². The van der Waals surface area contributed by atoms with Gasteiger partial charge in [-0.2, -0.15) is 0 Å². The van der Waals surface area contributed by atoms with Gasteiger partial charge in [-0.1, -0.05) is 0 Å². The van der Waals surface area contributed by atoms with Gasteiger partial charge in [-0.15, -0.1) is 24.8 Å². The second kappa shape index (κ2) is 9.86. The summed E-state index contributed by atoms with van der Waals surface area (Å²) in [5.41, 5.74) is 8.17. The molecule has 0 aromatic heterocycles. The van der Waals surface area contributed by atoms with Crippen molar-refractivity contribution in [3.05, 3.63) is 88.5 Å². The summed E-state index contributed by atoms with van der Waals surface area (Å²) in [6.07, 6.45) is 9.29. The third-order valence-electron chi connectivity index (χ3n) is 6.16. The Morgan fingerprint density at radius 2 is 1.69 bits per heavy atom. The zero-order chi connectivity index (χ0) is 21.7. The second-order valence-electron chi connectivity index (χ2n) is 10.0. The van der Waals surface area contributed by atoms with Crippen LogP contribution < -0.4 is 3.32 Å². The fourth-order valence-corrected chi connectivity index (χ4v) is 8.48. The molecule has 0 radical (unpaired) electrons. The molecule has 2 aliphatic carbocycles. The topological polar surface area (TPSA) is 9.23 Å². The number of fused-ring (bicyclic) bond motifs is 3. The molecule has 0 spiro atoms. The van der Waals surface area contributed by atoms with Crippen molar-refractivity contribution in [2.24, 2.45) is 0 Å². The van der Waals surface area contributed by atoms with Gasteiger partial charge in [0.25, 0.3) is 0 Å². The quantitative estimate of drug-likeness (QED) is 0.380. The van der Waals surface area contributed by atoms with E-state index < -0.39 is 17.8 Å². The molecular formula is C28H34Cl2OTi. The number of benzene rings is 2. The Morgan fingerprint density at radius 1 is 1.00 bits per heavy atom. The van der Waals surface area contributed by atoms with Crippen LogP contribution in [0.3, 0.4) is 0 Å². The summed E-state index contributed by atoms with van der Waals surface area (Å²) >= 11 is -2.16. The van der Waals surface area contributed by atoms with E-state index in [1.165, 1.54) is 37.2 Å². The van der Waals surface area contributed by atoms with Gasteiger partial charge in [0.1, 0.15) is 0 Å². The smallest absolute Gasteiger partial charge is 0.147 e. The number of allylic oxidation sites excluding steroid dienone is 5. The monoisotopic (exact) mass is 504 g/mol. The molecule has 4 heteroatoms. The Kier molecular flexibility index (Phi) is 8.28. The van der Waals surface area contributed by atoms with Gasteiger partial charge in [-0.25, -0.2) is 0 Å². The molecule has 0 fully saturated rings. The SMILES string of the molecule is C[C](C)=[Ti]([O]c1cc(C)cc(C(C)(C)C)c1)[C]1(C)C=CC=C2C1=Cc1ccccc12.Cl.Cl. The first-order chi connectivity index (χ1) is 14.1. The van der Waals surface area contributed by atoms with E-state index in [9.17, 15) is 0 Å². The van der Waals surface area contributed by atoms with Gasteiger partial charge in [0, 0.05) is 0 Å². The van der Waals surface area contributed by atoms with Gasteiger partial charge in [0.2, 0.25) is 0 Å². The van der Waals surface area contributed by atoms with Crippen LogP contribution in [0.1, 0.15) is 63.8 Å². The standard InChI is InChI=1S/C14H11.C11H16O.C3H6.2ClH.Ti/c1-10-5-4-8-13-12-7-3-2-6-11(12)9-14(10)13;1-8-5-9(11(2,3)4)7-10(12)6-8;1-3-2;;;/h2-9H,1H3;5-7,12H,1-4H3;1-2H3;2*1H;/q;;;;;+1/p-1. The van der Waals surface area contributed by atoms with Crippen molar-refractivity contribution < 1.29 is 21.1 Å². The van der Waals surface area contributed by atoms with Crippen LogP contribution in [0.4, 0.5) is 0 Å². The molecule has 4 rings (SSSR count). The zero-order valence-corrected chi connectivity index (χ0v) is 23.3. The van der Waals surface area contributed by atoms with E-state index in [0.717, 1.165) is 5.75 Å². The molecule has 1 nitrogen and oxygen atoms in total. The predicted octanol–water partition coefficient (Wildman–Crippen LogP) is 8.49. The van der Waals surface area contributed by atoms with E-state index in [1.807, 2.05) is 0 Å². The largest absolute Gasteiger partial charge is 0.147 e. The van der Waals surface area contributed by atoms with Gasteiger partial charge in [-0.05, 0) is 0 Å². The van der Waals surface area contributed by atoms with Crippen molar-refractivity contribution in [1.29, 1.82) is 0 Å². The first-order valence-electron chi connectivity index (χ1n) is 10.8. The minimum absolute atomic E-state index is 0. The number of rotatable bonds is 3. The fourth-order valence-electron chi connectivity index (χ4n) is 4.57. The molecule has 0 bridgehead atoms. The molecular weight excluding hydrogens is 471 g/mol. The minimum Gasteiger partial charge on any atom is -0.147 e. The molecule has 2 aliphatic rings. The molecule has 2 aromatic carbocycles. The fraction of sp³-hybridized carbons (Fsp3) is 0.321. The normalized spacial score (nSPS) is 18.3. The van der Waals surface area contributed by atoms with Crippen LogP contribution in [-0.4, -0.2) is 3.81 Å². The summed E-state index contributed by atoms with van der Waals surface area (Å²) in [6.45, 7) is 15.9. The summed E-state index contributed by atoms with van der Waals surface area (Å²) in [6, 6.07) is 15.5. The van der Waals surface area contributed by atoms with Gasteiger partial charge in [-0.3, -0.25) is 0 Å². The zero-order valence-electron chi connectivity index (χ0n) is 20.1. The molecule has 0 aliphatic heterocycles. The van der Waals surface area contributed by atoms with Crippen LogP contribution >= 0.6 is 24.8 Å². The number of aryl methyl sites for hydroxylation is 1. The van der Waals surface area contributed by atoms with E-state index >= 15 is 0 Å². The van der Waals surface area contributed by atoms with Gasteiger partial charge in [0.05, 0.1) is 0 Å². The third-order valence-corrected chi connectivity index (χ3v) is 10.4. The molecule has 0 amide bonds. The Labute approximate surface area is 212 Å². The van der Waals surface area contributed by atoms with Crippen LogP contribution in [0.25, 0.3) is 11.6 Å². The number of hydrogen-bond acceptors (Lipinski definition) is 1. The average Bonchev–Trinajstić information content (AvgIpc) is 3.05. The Hall–Kier alpha value is -1.38. The molecule has 0 N–H and O–H groups in total. The Morgan fingerprint density at radius 3 is 2.34 bits per heavy atom. The van der Waals surface area contributed by atoms with E-state index in [0.29, 0.717) is 0 Å². The summed E-state index contributed by atoms with van der Waals surface area (Å²) in [5, 5.41) is 0. The van der Waals surface area contributed by atoms with Crippen molar-refractivity contribution in [2.75, 3.05) is 0 Å². The molecule has 2 aromatic rings. The maximum Gasteiger partial charge on any atom is -0.147 e. The molecule has 1 unspecified atom stereocenters. The van der Waals surface area contributed by atoms with E-state index in [1.54, 1.807) is 0 Å². The molecule has 1 atom stereocenters. The summed E-state index contributed by atoms with van der Waals surface area (Å²) in [4.78, 5) is 0. The Balaban J connectivity index is 0.00000181. The summed E-state index contributed by atoms with van der Waals surface area (Å²) in [7, 11) is 0. The van der Waals surface area contributed by atoms with E-state index in [2.05, 4.69) is 115 Å². The van der Waals surface area contributed by atoms with Gasteiger partial charge in [0.15, 0.2) is 0 Å². The van der Waals surface area contributed by atoms with Crippen LogP contribution in [0.2, 0.25) is 3.72 Å². The van der Waals surface area contributed by atoms with Crippen molar-refractivity contribution in [2.45, 2.75) is 57.6 Å². The van der Waals surface area contributed by atoms with Crippen molar-refractivity contribution in [3.63, 3.8) is 0 Å². The van der Waals surface area contributed by atoms with Crippen molar-refractivity contribution in [3.8, 4) is 5.75 Å². The first kappa shape index (κ1) is 26.9. The molecule has 0 saturated heterocycles. The summed E-state index contributed by atoms with van der Waals surface area (Å²) in [5.74, 6) is 1.03. The van der Waals surface area contributed by atoms with E-state index in [-0.39, 0.29) is 33.9 Å². The average molecular weight is 505 g/mol. The molecule has 32 heavy (non-hydrogen) atoms. The number of halogens is 2. The maximum absolute atomic E-state index is 6.95. The third kappa shape index (κ3) is 4.92. The van der Waals surface area contributed by atoms with Crippen LogP contribution in [-0.2, 0) is 23.2 Å². The Bertz CT molecular complexity index is 1140. The maximum atomic E-state index is 6.95. The van der Waals surface area contributed by atoms with Gasteiger partial charge < -0.3 is 0 Å². The van der Waals surface area contributed by atoms with Crippen LogP contribution in [0.5, 0.6) is 5.75 Å². The van der Waals surface area contributed by atoms with E-state index in [4.69, 9.17) is 3.32 Å². The molecule has 0 heterocycles. The summed E-state index contributed by atoms with van der Waals surface area (Å²) < 4.78 is 8.33. The minimum atomic E-state index is -2.16. The number of hydrogen-bond donors (Lipinski definition) is 0. The van der Waals surface area contributed by atoms with Gasteiger partial charge >= 0.3 is 188 Å². The molecule has 170 valence electrons. The van der Waals surface area contributed by atoms with Crippen molar-refractivity contribution in [1.82, 2.24) is 0 Å². The molecule has 0 saturated carbocycles. The van der Waals surface area contributed by atoms with Crippen LogP contribution in [0, 0.1) is 6.92 Å². The first-order valence-corrected chi connectivity index (χ1v) is 13.0. The predicted molar refractivity (Wildman–Crippen MR) is 141 cm³/mol. The second-order valence-corrected chi connectivity index (χ2v) is 14.5.